The van der Waals surface area contributed by atoms with Gasteiger partial charge in [-0.25, -0.2) is 4.98 Å². The molecule has 1 aromatic heterocycles. The molecular formula is C14H14N2O4. The minimum atomic E-state index is -0.487. The van der Waals surface area contributed by atoms with E-state index in [0.29, 0.717) is 29.5 Å². The molecule has 0 radical (unpaired) electrons. The van der Waals surface area contributed by atoms with Crippen molar-refractivity contribution < 1.29 is 14.4 Å². The molecule has 2 rings (SSSR count). The van der Waals surface area contributed by atoms with Crippen molar-refractivity contribution in [2.75, 3.05) is 6.61 Å². The standard InChI is InChI=1S/C14H14N2O4/c1-3-19-12-5-4-6-13(8-12)20-14-10(2)7-11(9-15-14)16(17)18/h4-9H,3H2,1-2H3. The van der Waals surface area contributed by atoms with Crippen LogP contribution in [-0.4, -0.2) is 16.5 Å². The third-order valence-corrected chi connectivity index (χ3v) is 2.56. The third kappa shape index (κ3) is 3.23. The summed E-state index contributed by atoms with van der Waals surface area (Å²) in [5.74, 6) is 1.61. The molecule has 0 saturated heterocycles. The summed E-state index contributed by atoms with van der Waals surface area (Å²) in [5, 5.41) is 10.6. The highest BCUT2D eigenvalue weighted by atomic mass is 16.6. The van der Waals surface area contributed by atoms with E-state index >= 15 is 0 Å². The molecule has 2 aromatic rings. The molecule has 0 spiro atoms. The van der Waals surface area contributed by atoms with Crippen LogP contribution >= 0.6 is 0 Å². The van der Waals surface area contributed by atoms with Crippen molar-refractivity contribution in [2.24, 2.45) is 0 Å². The van der Waals surface area contributed by atoms with Gasteiger partial charge in [-0.2, -0.15) is 0 Å². The Labute approximate surface area is 116 Å². The average molecular weight is 274 g/mol. The predicted molar refractivity (Wildman–Crippen MR) is 73.3 cm³/mol. The second kappa shape index (κ2) is 6.01. The number of aromatic nitrogens is 1. The zero-order valence-electron chi connectivity index (χ0n) is 11.2. The van der Waals surface area contributed by atoms with E-state index in [4.69, 9.17) is 9.47 Å². The molecule has 0 amide bonds. The van der Waals surface area contributed by atoms with Crippen LogP contribution in [-0.2, 0) is 0 Å². The second-order valence-electron chi connectivity index (χ2n) is 4.08. The molecule has 1 heterocycles. The lowest BCUT2D eigenvalue weighted by Gasteiger charge is -2.09. The van der Waals surface area contributed by atoms with Gasteiger partial charge in [0, 0.05) is 17.7 Å². The molecule has 0 saturated carbocycles. The number of nitro groups is 1. The lowest BCUT2D eigenvalue weighted by atomic mass is 10.3. The van der Waals surface area contributed by atoms with E-state index in [0.717, 1.165) is 0 Å². The number of nitrogens with zero attached hydrogens (tertiary/aromatic N) is 2. The first-order chi connectivity index (χ1) is 9.60. The van der Waals surface area contributed by atoms with Crippen molar-refractivity contribution in [3.8, 4) is 17.4 Å². The molecule has 0 aliphatic rings. The van der Waals surface area contributed by atoms with Crippen LogP contribution in [0.3, 0.4) is 0 Å². The summed E-state index contributed by atoms with van der Waals surface area (Å²) in [4.78, 5) is 14.1. The Bertz CT molecular complexity index is 628. The minimum Gasteiger partial charge on any atom is -0.494 e. The first-order valence-corrected chi connectivity index (χ1v) is 6.12. The predicted octanol–water partition coefficient (Wildman–Crippen LogP) is 3.49. The fourth-order valence-electron chi connectivity index (χ4n) is 1.66. The molecule has 0 atom stereocenters. The van der Waals surface area contributed by atoms with Crippen molar-refractivity contribution in [1.82, 2.24) is 4.98 Å². The van der Waals surface area contributed by atoms with Gasteiger partial charge in [0.2, 0.25) is 5.88 Å². The first-order valence-electron chi connectivity index (χ1n) is 6.12. The van der Waals surface area contributed by atoms with E-state index < -0.39 is 4.92 Å². The molecule has 20 heavy (non-hydrogen) atoms. The molecular weight excluding hydrogens is 260 g/mol. The summed E-state index contributed by atoms with van der Waals surface area (Å²) >= 11 is 0. The number of rotatable bonds is 5. The molecule has 1 aromatic carbocycles. The Morgan fingerprint density at radius 2 is 2.05 bits per heavy atom. The molecule has 6 nitrogen and oxygen atoms in total. The highest BCUT2D eigenvalue weighted by molar-refractivity contribution is 5.40. The summed E-state index contributed by atoms with van der Waals surface area (Å²) in [7, 11) is 0. The Morgan fingerprint density at radius 1 is 1.30 bits per heavy atom. The second-order valence-corrected chi connectivity index (χ2v) is 4.08. The quantitative estimate of drug-likeness (QED) is 0.616. The Morgan fingerprint density at radius 3 is 2.70 bits per heavy atom. The summed E-state index contributed by atoms with van der Waals surface area (Å²) in [5.41, 5.74) is 0.541. The SMILES string of the molecule is CCOc1cccc(Oc2ncc([N+](=O)[O-])cc2C)c1. The van der Waals surface area contributed by atoms with Gasteiger partial charge in [0.05, 0.1) is 11.5 Å². The topological polar surface area (TPSA) is 74.5 Å². The Kier molecular flexibility index (Phi) is 4.14. The van der Waals surface area contributed by atoms with Crippen LogP contribution in [0.15, 0.2) is 36.5 Å². The number of hydrogen-bond donors (Lipinski definition) is 0. The van der Waals surface area contributed by atoms with Gasteiger partial charge < -0.3 is 9.47 Å². The van der Waals surface area contributed by atoms with Gasteiger partial charge >= 0.3 is 0 Å². The van der Waals surface area contributed by atoms with E-state index in [9.17, 15) is 10.1 Å². The molecule has 0 aliphatic carbocycles. The monoisotopic (exact) mass is 274 g/mol. The third-order valence-electron chi connectivity index (χ3n) is 2.56. The molecule has 6 heteroatoms. The maximum absolute atomic E-state index is 10.6. The normalized spacial score (nSPS) is 10.1. The van der Waals surface area contributed by atoms with E-state index in [-0.39, 0.29) is 5.69 Å². The van der Waals surface area contributed by atoms with Crippen molar-refractivity contribution in [3.05, 3.63) is 52.2 Å². The smallest absolute Gasteiger partial charge is 0.288 e. The van der Waals surface area contributed by atoms with Crippen molar-refractivity contribution in [1.29, 1.82) is 0 Å². The summed E-state index contributed by atoms with van der Waals surface area (Å²) in [6, 6.07) is 8.57. The van der Waals surface area contributed by atoms with Crippen LogP contribution in [0.4, 0.5) is 5.69 Å². The number of pyridine rings is 1. The van der Waals surface area contributed by atoms with E-state index in [1.54, 1.807) is 25.1 Å². The summed E-state index contributed by atoms with van der Waals surface area (Å²) in [6.45, 7) is 4.18. The van der Waals surface area contributed by atoms with Crippen LogP contribution in [0.2, 0.25) is 0 Å². The molecule has 0 aliphatic heterocycles. The van der Waals surface area contributed by atoms with Crippen LogP contribution in [0, 0.1) is 17.0 Å². The molecule has 104 valence electrons. The summed E-state index contributed by atoms with van der Waals surface area (Å²) < 4.78 is 11.0. The highest BCUT2D eigenvalue weighted by Crippen LogP contribution is 2.27. The van der Waals surface area contributed by atoms with E-state index in [1.807, 2.05) is 13.0 Å². The van der Waals surface area contributed by atoms with Gasteiger partial charge in [0.1, 0.15) is 17.7 Å². The zero-order valence-corrected chi connectivity index (χ0v) is 11.2. The molecule has 0 bridgehead atoms. The largest absolute Gasteiger partial charge is 0.494 e. The molecule has 0 N–H and O–H groups in total. The van der Waals surface area contributed by atoms with Gasteiger partial charge in [-0.05, 0) is 26.0 Å². The molecule has 0 fully saturated rings. The van der Waals surface area contributed by atoms with Gasteiger partial charge in [-0.1, -0.05) is 6.07 Å². The van der Waals surface area contributed by atoms with Crippen LogP contribution in [0.1, 0.15) is 12.5 Å². The lowest BCUT2D eigenvalue weighted by Crippen LogP contribution is -1.96. The fourth-order valence-corrected chi connectivity index (χ4v) is 1.66. The number of hydrogen-bond acceptors (Lipinski definition) is 5. The van der Waals surface area contributed by atoms with E-state index in [2.05, 4.69) is 4.98 Å². The summed E-state index contributed by atoms with van der Waals surface area (Å²) in [6.07, 6.45) is 1.18. The lowest BCUT2D eigenvalue weighted by molar-refractivity contribution is -0.385. The van der Waals surface area contributed by atoms with Crippen LogP contribution in [0.5, 0.6) is 17.4 Å². The minimum absolute atomic E-state index is 0.0575. The fraction of sp³-hybridized carbons (Fsp3) is 0.214. The van der Waals surface area contributed by atoms with Crippen LogP contribution < -0.4 is 9.47 Å². The zero-order chi connectivity index (χ0) is 14.5. The average Bonchev–Trinajstić information content (AvgIpc) is 2.42. The Hall–Kier alpha value is -2.63. The molecule has 0 unspecified atom stereocenters. The maximum Gasteiger partial charge on any atom is 0.288 e. The number of aryl methyl sites for hydroxylation is 1. The van der Waals surface area contributed by atoms with Crippen molar-refractivity contribution in [2.45, 2.75) is 13.8 Å². The Balaban J connectivity index is 2.21. The van der Waals surface area contributed by atoms with Gasteiger partial charge in [-0.3, -0.25) is 10.1 Å². The van der Waals surface area contributed by atoms with Crippen LogP contribution in [0.25, 0.3) is 0 Å². The number of ether oxygens (including phenoxy) is 2. The van der Waals surface area contributed by atoms with Crippen molar-refractivity contribution in [3.63, 3.8) is 0 Å². The van der Waals surface area contributed by atoms with E-state index in [1.165, 1.54) is 12.3 Å². The maximum atomic E-state index is 10.6. The van der Waals surface area contributed by atoms with Gasteiger partial charge in [0.15, 0.2) is 0 Å². The number of benzene rings is 1. The first kappa shape index (κ1) is 13.8. The highest BCUT2D eigenvalue weighted by Gasteiger charge is 2.11. The van der Waals surface area contributed by atoms with Gasteiger partial charge in [-0.15, -0.1) is 0 Å². The van der Waals surface area contributed by atoms with Crippen molar-refractivity contribution >= 4 is 5.69 Å². The van der Waals surface area contributed by atoms with Gasteiger partial charge in [0.25, 0.3) is 5.69 Å².